The van der Waals surface area contributed by atoms with Crippen molar-refractivity contribution in [3.63, 3.8) is 0 Å². The molecule has 0 spiro atoms. The topological polar surface area (TPSA) is 102 Å². The van der Waals surface area contributed by atoms with Crippen molar-refractivity contribution < 1.29 is 27.1 Å². The van der Waals surface area contributed by atoms with E-state index in [1.54, 1.807) is 38.1 Å². The molecule has 9 heteroatoms. The maximum atomic E-state index is 13.0. The normalized spacial score (nSPS) is 12.3. The van der Waals surface area contributed by atoms with E-state index in [2.05, 4.69) is 10.6 Å². The molecular formula is C21H25FN2O5S. The Morgan fingerprint density at radius 2 is 1.77 bits per heavy atom. The summed E-state index contributed by atoms with van der Waals surface area (Å²) in [5, 5.41) is 5.39. The van der Waals surface area contributed by atoms with Crippen molar-refractivity contribution in [1.82, 2.24) is 5.32 Å². The minimum atomic E-state index is -3.14. The summed E-state index contributed by atoms with van der Waals surface area (Å²) in [6.45, 7) is 3.58. The first kappa shape index (κ1) is 23.3. The van der Waals surface area contributed by atoms with E-state index in [1.165, 1.54) is 24.3 Å². The Labute approximate surface area is 175 Å². The monoisotopic (exact) mass is 436 g/mol. The summed E-state index contributed by atoms with van der Waals surface area (Å²) < 4.78 is 40.8. The average molecular weight is 437 g/mol. The number of sulfone groups is 1. The van der Waals surface area contributed by atoms with Crippen LogP contribution in [0.2, 0.25) is 0 Å². The molecule has 0 fully saturated rings. The smallest absolute Gasteiger partial charge is 0.251 e. The maximum Gasteiger partial charge on any atom is 0.251 e. The highest BCUT2D eigenvalue weighted by Gasteiger charge is 2.25. The summed E-state index contributed by atoms with van der Waals surface area (Å²) in [5.74, 6) is -1.27. The zero-order valence-corrected chi connectivity index (χ0v) is 17.8. The SMILES string of the molecule is CC(C)C(NC(=O)c1ccc(F)cc1)C(=O)Nc1cccc(OCCS(C)(=O)=O)c1. The van der Waals surface area contributed by atoms with E-state index in [0.717, 1.165) is 6.26 Å². The zero-order chi connectivity index (χ0) is 22.3. The van der Waals surface area contributed by atoms with E-state index in [9.17, 15) is 22.4 Å². The van der Waals surface area contributed by atoms with Crippen LogP contribution in [0.15, 0.2) is 48.5 Å². The van der Waals surface area contributed by atoms with Crippen LogP contribution < -0.4 is 15.4 Å². The largest absolute Gasteiger partial charge is 0.492 e. The Morgan fingerprint density at radius 3 is 2.37 bits per heavy atom. The second-order valence-electron chi connectivity index (χ2n) is 7.20. The lowest BCUT2D eigenvalue weighted by Gasteiger charge is -2.22. The summed E-state index contributed by atoms with van der Waals surface area (Å²) in [7, 11) is -3.14. The van der Waals surface area contributed by atoms with Gasteiger partial charge in [0.1, 0.15) is 24.2 Å². The number of nitrogens with one attached hydrogen (secondary N) is 2. The van der Waals surface area contributed by atoms with Crippen LogP contribution in [0.3, 0.4) is 0 Å². The Balaban J connectivity index is 2.03. The Kier molecular flexibility index (Phi) is 7.93. The summed E-state index contributed by atoms with van der Waals surface area (Å²) >= 11 is 0. The average Bonchev–Trinajstić information content (AvgIpc) is 2.65. The van der Waals surface area contributed by atoms with Gasteiger partial charge in [-0.25, -0.2) is 12.8 Å². The molecule has 7 nitrogen and oxygen atoms in total. The van der Waals surface area contributed by atoms with E-state index in [0.29, 0.717) is 11.4 Å². The molecule has 0 saturated heterocycles. The van der Waals surface area contributed by atoms with Gasteiger partial charge in [0.05, 0.1) is 5.75 Å². The molecule has 2 rings (SSSR count). The van der Waals surface area contributed by atoms with Crippen molar-refractivity contribution in [3.05, 3.63) is 59.9 Å². The van der Waals surface area contributed by atoms with Gasteiger partial charge in [0.15, 0.2) is 9.84 Å². The van der Waals surface area contributed by atoms with Crippen molar-refractivity contribution in [2.24, 2.45) is 5.92 Å². The molecule has 0 heterocycles. The van der Waals surface area contributed by atoms with Crippen molar-refractivity contribution in [3.8, 4) is 5.75 Å². The number of amides is 2. The van der Waals surface area contributed by atoms with Crippen LogP contribution in [0.25, 0.3) is 0 Å². The van der Waals surface area contributed by atoms with Gasteiger partial charge in [0.2, 0.25) is 5.91 Å². The van der Waals surface area contributed by atoms with Gasteiger partial charge in [-0.3, -0.25) is 9.59 Å². The van der Waals surface area contributed by atoms with Crippen molar-refractivity contribution >= 4 is 27.3 Å². The first-order valence-electron chi connectivity index (χ1n) is 9.33. The molecule has 2 aromatic carbocycles. The van der Waals surface area contributed by atoms with Gasteiger partial charge in [-0.2, -0.15) is 0 Å². The minimum Gasteiger partial charge on any atom is -0.492 e. The third-order valence-electron chi connectivity index (χ3n) is 4.17. The molecule has 0 aliphatic carbocycles. The fraction of sp³-hybridized carbons (Fsp3) is 0.333. The van der Waals surface area contributed by atoms with Crippen molar-refractivity contribution in [2.75, 3.05) is 23.9 Å². The van der Waals surface area contributed by atoms with E-state index >= 15 is 0 Å². The lowest BCUT2D eigenvalue weighted by Crippen LogP contribution is -2.47. The quantitative estimate of drug-likeness (QED) is 0.629. The molecule has 2 amide bonds. The number of hydrogen-bond acceptors (Lipinski definition) is 5. The van der Waals surface area contributed by atoms with E-state index < -0.39 is 33.5 Å². The summed E-state index contributed by atoms with van der Waals surface area (Å²) in [6.07, 6.45) is 1.12. The minimum absolute atomic E-state index is 0.00141. The van der Waals surface area contributed by atoms with Crippen molar-refractivity contribution in [1.29, 1.82) is 0 Å². The number of halogens is 1. The fourth-order valence-electron chi connectivity index (χ4n) is 2.56. The number of carbonyl (C=O) groups excluding carboxylic acids is 2. The molecule has 0 aromatic heterocycles. The molecule has 0 saturated carbocycles. The second-order valence-corrected chi connectivity index (χ2v) is 9.46. The lowest BCUT2D eigenvalue weighted by atomic mass is 10.0. The highest BCUT2D eigenvalue weighted by molar-refractivity contribution is 7.90. The standard InChI is InChI=1S/C21H25FN2O5S/c1-14(2)19(24-20(25)15-7-9-16(22)10-8-15)21(26)23-17-5-4-6-18(13-17)29-11-12-30(3,27)28/h4-10,13-14,19H,11-12H2,1-3H3,(H,23,26)(H,24,25). The Hall–Kier alpha value is -2.94. The number of hydrogen-bond donors (Lipinski definition) is 2. The predicted molar refractivity (Wildman–Crippen MR) is 113 cm³/mol. The van der Waals surface area contributed by atoms with Gasteiger partial charge >= 0.3 is 0 Å². The highest BCUT2D eigenvalue weighted by atomic mass is 32.2. The van der Waals surface area contributed by atoms with Gasteiger partial charge in [-0.1, -0.05) is 19.9 Å². The van der Waals surface area contributed by atoms with Crippen LogP contribution in [0, 0.1) is 11.7 Å². The second kappa shape index (κ2) is 10.2. The molecule has 2 N–H and O–H groups in total. The van der Waals surface area contributed by atoms with Gasteiger partial charge in [0.25, 0.3) is 5.91 Å². The molecule has 0 radical (unpaired) electrons. The number of carbonyl (C=O) groups is 2. The van der Waals surface area contributed by atoms with Crippen LogP contribution >= 0.6 is 0 Å². The molecule has 0 aliphatic rings. The molecular weight excluding hydrogens is 411 g/mol. The predicted octanol–water partition coefficient (Wildman–Crippen LogP) is 2.64. The molecule has 2 aromatic rings. The van der Waals surface area contributed by atoms with Gasteiger partial charge < -0.3 is 15.4 Å². The van der Waals surface area contributed by atoms with E-state index in [1.807, 2.05) is 0 Å². The van der Waals surface area contributed by atoms with Gasteiger partial charge in [-0.15, -0.1) is 0 Å². The first-order chi connectivity index (χ1) is 14.0. The van der Waals surface area contributed by atoms with Crippen LogP contribution in [-0.2, 0) is 14.6 Å². The molecule has 1 unspecified atom stereocenters. The Morgan fingerprint density at radius 1 is 1.10 bits per heavy atom. The summed E-state index contributed by atoms with van der Waals surface area (Å²) in [6, 6.07) is 10.7. The molecule has 30 heavy (non-hydrogen) atoms. The van der Waals surface area contributed by atoms with Crippen LogP contribution in [0.5, 0.6) is 5.75 Å². The number of ether oxygens (including phenoxy) is 1. The fourth-order valence-corrected chi connectivity index (χ4v) is 2.94. The zero-order valence-electron chi connectivity index (χ0n) is 17.0. The van der Waals surface area contributed by atoms with Crippen molar-refractivity contribution in [2.45, 2.75) is 19.9 Å². The molecule has 0 aliphatic heterocycles. The lowest BCUT2D eigenvalue weighted by molar-refractivity contribution is -0.118. The highest BCUT2D eigenvalue weighted by Crippen LogP contribution is 2.18. The molecule has 0 bridgehead atoms. The van der Waals surface area contributed by atoms with E-state index in [4.69, 9.17) is 4.74 Å². The van der Waals surface area contributed by atoms with E-state index in [-0.39, 0.29) is 23.8 Å². The molecule has 1 atom stereocenters. The van der Waals surface area contributed by atoms with Crippen LogP contribution in [0.1, 0.15) is 24.2 Å². The maximum absolute atomic E-state index is 13.0. The number of rotatable bonds is 9. The number of anilines is 1. The van der Waals surface area contributed by atoms with Gasteiger partial charge in [-0.05, 0) is 42.3 Å². The third-order valence-corrected chi connectivity index (χ3v) is 5.07. The van der Waals surface area contributed by atoms with Crippen LogP contribution in [-0.4, -0.2) is 44.9 Å². The number of benzene rings is 2. The Bertz CT molecular complexity index is 991. The van der Waals surface area contributed by atoms with Crippen LogP contribution in [0.4, 0.5) is 10.1 Å². The first-order valence-corrected chi connectivity index (χ1v) is 11.4. The van der Waals surface area contributed by atoms with Gasteiger partial charge in [0, 0.05) is 23.6 Å². The summed E-state index contributed by atoms with van der Waals surface area (Å²) in [4.78, 5) is 25.1. The third kappa shape index (κ3) is 7.47. The molecule has 162 valence electrons. The summed E-state index contributed by atoms with van der Waals surface area (Å²) in [5.41, 5.74) is 0.690.